The number of thioether (sulfide) groups is 1. The summed E-state index contributed by atoms with van der Waals surface area (Å²) in [5, 5.41) is 2.11. The first kappa shape index (κ1) is 22.4. The maximum absolute atomic E-state index is 13.8. The molecule has 0 unspecified atom stereocenters. The van der Waals surface area contributed by atoms with Gasteiger partial charge in [0, 0.05) is 37.1 Å². The average molecular weight is 467 g/mol. The van der Waals surface area contributed by atoms with Crippen molar-refractivity contribution in [1.29, 1.82) is 0 Å². The van der Waals surface area contributed by atoms with E-state index in [4.69, 9.17) is 0 Å². The molecule has 33 heavy (non-hydrogen) atoms. The lowest BCUT2D eigenvalue weighted by atomic mass is 10.1. The third kappa shape index (κ3) is 4.70. The number of carbonyl (C=O) groups excluding carboxylic acids is 5. The zero-order chi connectivity index (χ0) is 23.5. The molecule has 2 aliphatic heterocycles. The Morgan fingerprint density at radius 3 is 2.48 bits per heavy atom. The summed E-state index contributed by atoms with van der Waals surface area (Å²) in [7, 11) is 0. The fraction of sp³-hybridized carbons (Fsp3) is 0.174. The van der Waals surface area contributed by atoms with Crippen LogP contribution >= 0.6 is 11.8 Å². The van der Waals surface area contributed by atoms with Crippen molar-refractivity contribution in [2.45, 2.75) is 12.8 Å². The summed E-state index contributed by atoms with van der Waals surface area (Å²) >= 11 is 0.707. The Kier molecular flexibility index (Phi) is 6.36. The molecule has 4 rings (SSSR count). The van der Waals surface area contributed by atoms with Gasteiger partial charge in [-0.15, -0.1) is 0 Å². The van der Waals surface area contributed by atoms with Gasteiger partial charge >= 0.3 is 0 Å². The summed E-state index contributed by atoms with van der Waals surface area (Å²) in [6.07, 6.45) is 1.60. The second kappa shape index (κ2) is 9.37. The molecule has 0 aliphatic carbocycles. The van der Waals surface area contributed by atoms with Gasteiger partial charge in [-0.3, -0.25) is 33.8 Å². The lowest BCUT2D eigenvalue weighted by molar-refractivity contribution is -0.123. The minimum Gasteiger partial charge on any atom is -0.350 e. The Morgan fingerprint density at radius 2 is 1.76 bits per heavy atom. The number of hydrogen-bond donors (Lipinski definition) is 1. The van der Waals surface area contributed by atoms with E-state index >= 15 is 0 Å². The highest BCUT2D eigenvalue weighted by molar-refractivity contribution is 8.18. The van der Waals surface area contributed by atoms with E-state index < -0.39 is 22.9 Å². The van der Waals surface area contributed by atoms with E-state index in [1.807, 2.05) is 0 Å². The predicted octanol–water partition coefficient (Wildman–Crippen LogP) is 2.95. The first-order chi connectivity index (χ1) is 15.8. The number of anilines is 1. The van der Waals surface area contributed by atoms with Crippen LogP contribution in [0.5, 0.6) is 0 Å². The van der Waals surface area contributed by atoms with Crippen LogP contribution in [0.25, 0.3) is 6.08 Å². The normalized spacial score (nSPS) is 17.4. The number of halogens is 1. The first-order valence-corrected chi connectivity index (χ1v) is 10.9. The van der Waals surface area contributed by atoms with Crippen molar-refractivity contribution in [2.24, 2.45) is 0 Å². The monoisotopic (exact) mass is 467 g/mol. The number of hydrogen-bond acceptors (Lipinski definition) is 6. The summed E-state index contributed by atoms with van der Waals surface area (Å²) in [5.41, 5.74) is 0.749. The van der Waals surface area contributed by atoms with Gasteiger partial charge in [-0.1, -0.05) is 24.3 Å². The van der Waals surface area contributed by atoms with Crippen molar-refractivity contribution in [3.05, 3.63) is 70.4 Å². The number of benzene rings is 2. The molecule has 8 nitrogen and oxygen atoms in total. The highest BCUT2D eigenvalue weighted by Crippen LogP contribution is 2.32. The summed E-state index contributed by atoms with van der Waals surface area (Å²) in [5.74, 6) is -2.18. The molecule has 0 spiro atoms. The number of nitrogens with zero attached hydrogens (tertiary/aromatic N) is 2. The maximum atomic E-state index is 13.8. The van der Waals surface area contributed by atoms with Crippen molar-refractivity contribution < 1.29 is 28.4 Å². The third-order valence-electron chi connectivity index (χ3n) is 5.10. The van der Waals surface area contributed by atoms with E-state index in [0.29, 0.717) is 17.4 Å². The molecule has 0 bridgehead atoms. The average Bonchev–Trinajstić information content (AvgIpc) is 3.27. The van der Waals surface area contributed by atoms with Crippen LogP contribution in [0, 0.1) is 5.82 Å². The van der Waals surface area contributed by atoms with Crippen LogP contribution in [0.3, 0.4) is 0 Å². The van der Waals surface area contributed by atoms with Gasteiger partial charge in [-0.05, 0) is 42.1 Å². The molecule has 2 aromatic rings. The van der Waals surface area contributed by atoms with Gasteiger partial charge in [0.15, 0.2) is 0 Å². The lowest BCUT2D eigenvalue weighted by Gasteiger charge is -2.15. The van der Waals surface area contributed by atoms with Gasteiger partial charge < -0.3 is 5.32 Å². The highest BCUT2D eigenvalue weighted by Gasteiger charge is 2.35. The number of carbonyl (C=O) groups is 5. The van der Waals surface area contributed by atoms with Crippen molar-refractivity contribution in [3.8, 4) is 0 Å². The fourth-order valence-electron chi connectivity index (χ4n) is 3.46. The summed E-state index contributed by atoms with van der Waals surface area (Å²) in [6.45, 7) is -0.0660. The molecule has 2 aromatic carbocycles. The van der Waals surface area contributed by atoms with E-state index in [0.717, 1.165) is 9.80 Å². The molecule has 2 fully saturated rings. The van der Waals surface area contributed by atoms with E-state index in [9.17, 15) is 28.4 Å². The summed E-state index contributed by atoms with van der Waals surface area (Å²) in [4.78, 5) is 63.2. The molecule has 5 amide bonds. The molecular weight excluding hydrogens is 449 g/mol. The maximum Gasteiger partial charge on any atom is 0.293 e. The van der Waals surface area contributed by atoms with Crippen LogP contribution in [0.2, 0.25) is 0 Å². The standard InChI is InChI=1S/C23H18FN3O5S/c24-17-7-2-1-4-14(17)13-18-22(31)26(23(32)33-18)11-10-25-21(30)15-5-3-6-16(12-15)27-19(28)8-9-20(27)29/h1-7,12-13H,8-11H2,(H,25,30)/b18-13-. The van der Waals surface area contributed by atoms with Crippen molar-refractivity contribution in [1.82, 2.24) is 10.2 Å². The number of nitrogens with one attached hydrogen (secondary N) is 1. The van der Waals surface area contributed by atoms with Gasteiger partial charge in [0.2, 0.25) is 11.8 Å². The van der Waals surface area contributed by atoms with E-state index in [1.165, 1.54) is 36.4 Å². The Balaban J connectivity index is 1.37. The predicted molar refractivity (Wildman–Crippen MR) is 120 cm³/mol. The minimum absolute atomic E-state index is 0.00431. The van der Waals surface area contributed by atoms with Crippen LogP contribution < -0.4 is 10.2 Å². The summed E-state index contributed by atoms with van der Waals surface area (Å²) in [6, 6.07) is 12.0. The smallest absolute Gasteiger partial charge is 0.293 e. The quantitative estimate of drug-likeness (QED) is 0.518. The molecule has 10 heteroatoms. The molecule has 168 valence electrons. The van der Waals surface area contributed by atoms with Crippen LogP contribution in [-0.4, -0.2) is 46.9 Å². The fourth-order valence-corrected chi connectivity index (χ4v) is 4.32. The van der Waals surface area contributed by atoms with Gasteiger partial charge in [0.1, 0.15) is 5.82 Å². The molecule has 0 saturated carbocycles. The van der Waals surface area contributed by atoms with Crippen LogP contribution in [0.1, 0.15) is 28.8 Å². The molecule has 0 aromatic heterocycles. The van der Waals surface area contributed by atoms with Gasteiger partial charge in [0.05, 0.1) is 10.6 Å². The largest absolute Gasteiger partial charge is 0.350 e. The van der Waals surface area contributed by atoms with Crippen LogP contribution in [0.15, 0.2) is 53.4 Å². The third-order valence-corrected chi connectivity index (χ3v) is 6.01. The van der Waals surface area contributed by atoms with Gasteiger partial charge in [-0.25, -0.2) is 4.39 Å². The zero-order valence-corrected chi connectivity index (χ0v) is 18.1. The second-order valence-electron chi connectivity index (χ2n) is 7.28. The Morgan fingerprint density at radius 1 is 1.03 bits per heavy atom. The van der Waals surface area contributed by atoms with Gasteiger partial charge in [0.25, 0.3) is 17.1 Å². The van der Waals surface area contributed by atoms with Crippen molar-refractivity contribution >= 4 is 52.4 Å². The number of amides is 5. The molecule has 1 N–H and O–H groups in total. The molecule has 2 saturated heterocycles. The number of rotatable bonds is 6. The molecule has 2 aliphatic rings. The highest BCUT2D eigenvalue weighted by atomic mass is 32.2. The van der Waals surface area contributed by atoms with E-state index in [2.05, 4.69) is 5.32 Å². The Bertz CT molecular complexity index is 1200. The van der Waals surface area contributed by atoms with Crippen molar-refractivity contribution in [3.63, 3.8) is 0 Å². The number of imide groups is 2. The Labute approximate surface area is 192 Å². The topological polar surface area (TPSA) is 104 Å². The first-order valence-electron chi connectivity index (χ1n) is 10.1. The lowest BCUT2D eigenvalue weighted by Crippen LogP contribution is -2.37. The van der Waals surface area contributed by atoms with E-state index in [1.54, 1.807) is 18.2 Å². The molecule has 2 heterocycles. The van der Waals surface area contributed by atoms with Crippen molar-refractivity contribution in [2.75, 3.05) is 18.0 Å². The summed E-state index contributed by atoms with van der Waals surface area (Å²) < 4.78 is 13.8. The zero-order valence-electron chi connectivity index (χ0n) is 17.2. The van der Waals surface area contributed by atoms with Gasteiger partial charge in [-0.2, -0.15) is 0 Å². The second-order valence-corrected chi connectivity index (χ2v) is 8.28. The SMILES string of the molecule is O=C(NCCN1C(=O)S/C(=C\c2ccccc2F)C1=O)c1cccc(N2C(=O)CCC2=O)c1. The minimum atomic E-state index is -0.560. The van der Waals surface area contributed by atoms with E-state index in [-0.39, 0.29) is 53.8 Å². The molecular formula is C23H18FN3O5S. The molecule has 0 radical (unpaired) electrons. The van der Waals surface area contributed by atoms with Crippen LogP contribution in [-0.2, 0) is 14.4 Å². The molecule has 0 atom stereocenters. The Hall–Kier alpha value is -3.79. The van der Waals surface area contributed by atoms with Crippen LogP contribution in [0.4, 0.5) is 14.9 Å².